The van der Waals surface area contributed by atoms with Crippen molar-refractivity contribution in [3.8, 4) is 11.5 Å². The van der Waals surface area contributed by atoms with E-state index in [9.17, 15) is 15.0 Å². The summed E-state index contributed by atoms with van der Waals surface area (Å²) in [6.45, 7) is 1.80. The molecule has 0 bridgehead atoms. The Balaban J connectivity index is 2.30. The van der Waals surface area contributed by atoms with E-state index >= 15 is 0 Å². The second-order valence-electron chi connectivity index (χ2n) is 4.45. The number of hydrogen-bond acceptors (Lipinski definition) is 3. The number of aryl methyl sites for hydroxylation is 1. The predicted molar refractivity (Wildman–Crippen MR) is 70.7 cm³/mol. The highest BCUT2D eigenvalue weighted by atomic mass is 16.4. The molecule has 0 aliphatic heterocycles. The first kappa shape index (κ1) is 13.0. The third-order valence-corrected chi connectivity index (χ3v) is 2.96. The minimum Gasteiger partial charge on any atom is -0.508 e. The normalized spacial score (nSPS) is 10.4. The Labute approximate surface area is 110 Å². The van der Waals surface area contributed by atoms with Gasteiger partial charge in [0.1, 0.15) is 17.1 Å². The number of carbonyl (C=O) groups is 1. The maximum Gasteiger partial charge on any atom is 0.339 e. The summed E-state index contributed by atoms with van der Waals surface area (Å²) < 4.78 is 0. The van der Waals surface area contributed by atoms with Crippen molar-refractivity contribution in [2.75, 3.05) is 0 Å². The molecule has 0 aromatic heterocycles. The van der Waals surface area contributed by atoms with Crippen molar-refractivity contribution >= 4 is 5.97 Å². The number of carboxylic acid groups (broad SMARTS) is 1. The van der Waals surface area contributed by atoms with Gasteiger partial charge in [-0.2, -0.15) is 0 Å². The maximum atomic E-state index is 10.9. The van der Waals surface area contributed by atoms with E-state index in [4.69, 9.17) is 5.11 Å². The summed E-state index contributed by atoms with van der Waals surface area (Å²) >= 11 is 0. The maximum absolute atomic E-state index is 10.9. The molecule has 2 aromatic rings. The van der Waals surface area contributed by atoms with E-state index in [1.807, 2.05) is 6.07 Å². The van der Waals surface area contributed by atoms with Crippen molar-refractivity contribution in [3.05, 3.63) is 58.7 Å². The second-order valence-corrected chi connectivity index (χ2v) is 4.45. The van der Waals surface area contributed by atoms with E-state index in [0.717, 1.165) is 16.7 Å². The molecule has 98 valence electrons. The van der Waals surface area contributed by atoms with Crippen molar-refractivity contribution in [1.82, 2.24) is 0 Å². The van der Waals surface area contributed by atoms with Crippen molar-refractivity contribution in [2.24, 2.45) is 0 Å². The molecule has 0 unspecified atom stereocenters. The van der Waals surface area contributed by atoms with Gasteiger partial charge in [0.15, 0.2) is 0 Å². The van der Waals surface area contributed by atoms with Crippen LogP contribution in [-0.2, 0) is 6.42 Å². The summed E-state index contributed by atoms with van der Waals surface area (Å²) in [5.41, 5.74) is 2.43. The summed E-state index contributed by atoms with van der Waals surface area (Å²) in [7, 11) is 0. The minimum atomic E-state index is -1.15. The molecule has 0 saturated heterocycles. The zero-order valence-electron chi connectivity index (χ0n) is 10.4. The van der Waals surface area contributed by atoms with Crippen molar-refractivity contribution in [2.45, 2.75) is 13.3 Å². The lowest BCUT2D eigenvalue weighted by atomic mass is 10.0. The highest BCUT2D eigenvalue weighted by Gasteiger charge is 2.10. The van der Waals surface area contributed by atoms with Crippen molar-refractivity contribution in [3.63, 3.8) is 0 Å². The first-order valence-corrected chi connectivity index (χ1v) is 5.81. The summed E-state index contributed by atoms with van der Waals surface area (Å²) in [5, 5.41) is 27.8. The number of phenolic OH excluding ortho intramolecular Hbond substituents is 1. The quantitative estimate of drug-likeness (QED) is 0.791. The number of hydrogen-bond donors (Lipinski definition) is 3. The van der Waals surface area contributed by atoms with Gasteiger partial charge in [-0.25, -0.2) is 4.79 Å². The lowest BCUT2D eigenvalue weighted by Crippen LogP contribution is -1.99. The molecule has 0 spiro atoms. The molecule has 3 N–H and O–H groups in total. The largest absolute Gasteiger partial charge is 0.508 e. The van der Waals surface area contributed by atoms with E-state index in [-0.39, 0.29) is 17.1 Å². The zero-order valence-corrected chi connectivity index (χ0v) is 10.4. The van der Waals surface area contributed by atoms with Crippen LogP contribution in [0.2, 0.25) is 0 Å². The van der Waals surface area contributed by atoms with Crippen LogP contribution in [0.1, 0.15) is 27.0 Å². The zero-order chi connectivity index (χ0) is 14.0. The molecule has 0 atom stereocenters. The molecule has 19 heavy (non-hydrogen) atoms. The minimum absolute atomic E-state index is 0.104. The Morgan fingerprint density at radius 1 is 1.00 bits per heavy atom. The van der Waals surface area contributed by atoms with Crippen molar-refractivity contribution < 1.29 is 20.1 Å². The standard InChI is InChI=1S/C15H14O4/c1-9-6-10(2-4-13(9)16)7-11-3-5-14(17)12(8-11)15(18)19/h2-6,8,16-17H,7H2,1H3,(H,18,19). The van der Waals surface area contributed by atoms with Crippen LogP contribution < -0.4 is 0 Å². The summed E-state index contributed by atoms with van der Waals surface area (Å²) in [6.07, 6.45) is 0.543. The fourth-order valence-corrected chi connectivity index (χ4v) is 1.93. The Bertz CT molecular complexity index is 632. The number of phenols is 2. The highest BCUT2D eigenvalue weighted by Crippen LogP contribution is 2.22. The van der Waals surface area contributed by atoms with Gasteiger partial charge in [0.05, 0.1) is 0 Å². The summed E-state index contributed by atoms with van der Waals surface area (Å²) in [5.74, 6) is -1.15. The fourth-order valence-electron chi connectivity index (χ4n) is 1.93. The lowest BCUT2D eigenvalue weighted by molar-refractivity contribution is 0.0693. The topological polar surface area (TPSA) is 77.8 Å². The SMILES string of the molecule is Cc1cc(Cc2ccc(O)c(C(=O)O)c2)ccc1O. The lowest BCUT2D eigenvalue weighted by Gasteiger charge is -2.07. The molecule has 4 heteroatoms. The van der Waals surface area contributed by atoms with Crippen LogP contribution in [0.25, 0.3) is 0 Å². The third kappa shape index (κ3) is 2.85. The van der Waals surface area contributed by atoms with Gasteiger partial charge in [-0.3, -0.25) is 0 Å². The van der Waals surface area contributed by atoms with Gasteiger partial charge in [-0.15, -0.1) is 0 Å². The van der Waals surface area contributed by atoms with Crippen LogP contribution in [0.15, 0.2) is 36.4 Å². The molecule has 4 nitrogen and oxygen atoms in total. The van der Waals surface area contributed by atoms with Crippen LogP contribution in [0.3, 0.4) is 0 Å². The number of aromatic carboxylic acids is 1. The average Bonchev–Trinajstić information content (AvgIpc) is 2.36. The van der Waals surface area contributed by atoms with Crippen LogP contribution in [0.4, 0.5) is 0 Å². The van der Waals surface area contributed by atoms with Gasteiger partial charge in [0, 0.05) is 0 Å². The smallest absolute Gasteiger partial charge is 0.339 e. The number of rotatable bonds is 3. The highest BCUT2D eigenvalue weighted by molar-refractivity contribution is 5.90. The molecule has 0 amide bonds. The van der Waals surface area contributed by atoms with Crippen LogP contribution in [0, 0.1) is 6.92 Å². The van der Waals surface area contributed by atoms with Crippen molar-refractivity contribution in [1.29, 1.82) is 0 Å². The van der Waals surface area contributed by atoms with E-state index in [2.05, 4.69) is 0 Å². The molecular formula is C15H14O4. The molecule has 0 heterocycles. The van der Waals surface area contributed by atoms with Gasteiger partial charge < -0.3 is 15.3 Å². The van der Waals surface area contributed by atoms with E-state index < -0.39 is 5.97 Å². The average molecular weight is 258 g/mol. The number of carboxylic acids is 1. The van der Waals surface area contributed by atoms with E-state index in [1.165, 1.54) is 12.1 Å². The number of benzene rings is 2. The van der Waals surface area contributed by atoms with Gasteiger partial charge in [0.25, 0.3) is 0 Å². The Kier molecular flexibility index (Phi) is 3.42. The monoisotopic (exact) mass is 258 g/mol. The fraction of sp³-hybridized carbons (Fsp3) is 0.133. The van der Waals surface area contributed by atoms with E-state index in [1.54, 1.807) is 25.1 Å². The van der Waals surface area contributed by atoms with Gasteiger partial charge in [-0.1, -0.05) is 18.2 Å². The molecule has 2 rings (SSSR count). The molecule has 0 aliphatic carbocycles. The molecule has 2 aromatic carbocycles. The molecular weight excluding hydrogens is 244 g/mol. The third-order valence-electron chi connectivity index (χ3n) is 2.96. The predicted octanol–water partition coefficient (Wildman–Crippen LogP) is 2.70. The molecule has 0 radical (unpaired) electrons. The first-order chi connectivity index (χ1) is 8.97. The Hall–Kier alpha value is -2.49. The van der Waals surface area contributed by atoms with Gasteiger partial charge in [-0.05, 0) is 48.2 Å². The molecule has 0 fully saturated rings. The number of aromatic hydroxyl groups is 2. The molecule has 0 aliphatic rings. The van der Waals surface area contributed by atoms with Crippen LogP contribution in [-0.4, -0.2) is 21.3 Å². The van der Waals surface area contributed by atoms with E-state index in [0.29, 0.717) is 6.42 Å². The van der Waals surface area contributed by atoms with Crippen LogP contribution in [0.5, 0.6) is 11.5 Å². The van der Waals surface area contributed by atoms with Crippen LogP contribution >= 0.6 is 0 Å². The summed E-state index contributed by atoms with van der Waals surface area (Å²) in [4.78, 5) is 10.9. The van der Waals surface area contributed by atoms with Gasteiger partial charge in [0.2, 0.25) is 0 Å². The first-order valence-electron chi connectivity index (χ1n) is 5.81. The Morgan fingerprint density at radius 3 is 2.16 bits per heavy atom. The second kappa shape index (κ2) is 5.02. The van der Waals surface area contributed by atoms with Gasteiger partial charge >= 0.3 is 5.97 Å². The Morgan fingerprint density at radius 2 is 1.58 bits per heavy atom. The summed E-state index contributed by atoms with van der Waals surface area (Å²) in [6, 6.07) is 9.78. The molecule has 0 saturated carbocycles.